The van der Waals surface area contributed by atoms with E-state index in [4.69, 9.17) is 9.84 Å². The average Bonchev–Trinajstić information content (AvgIpc) is 2.58. The van der Waals surface area contributed by atoms with Crippen LogP contribution in [0.2, 0.25) is 0 Å². The van der Waals surface area contributed by atoms with E-state index in [2.05, 4.69) is 19.1 Å². The van der Waals surface area contributed by atoms with Gasteiger partial charge in [-0.2, -0.15) is 0 Å². The summed E-state index contributed by atoms with van der Waals surface area (Å²) in [5.41, 5.74) is 0. The number of carbonyl (C=O) groups excluding carboxylic acids is 1. The van der Waals surface area contributed by atoms with Gasteiger partial charge in [-0.05, 0) is 32.1 Å². The minimum atomic E-state index is -1.75. The topological polar surface area (TPSA) is 66.8 Å². The molecule has 25 heavy (non-hydrogen) atoms. The molecule has 2 N–H and O–H groups in total. The summed E-state index contributed by atoms with van der Waals surface area (Å²) in [4.78, 5) is 11.4. The van der Waals surface area contributed by atoms with Crippen LogP contribution in [0.15, 0.2) is 12.2 Å². The van der Waals surface area contributed by atoms with E-state index < -0.39 is 18.4 Å². The minimum absolute atomic E-state index is 0.300. The fourth-order valence-corrected chi connectivity index (χ4v) is 2.67. The van der Waals surface area contributed by atoms with Crippen molar-refractivity contribution in [1.29, 1.82) is 0 Å². The van der Waals surface area contributed by atoms with Gasteiger partial charge in [0.15, 0.2) is 0 Å². The summed E-state index contributed by atoms with van der Waals surface area (Å²) in [5.74, 6) is -2.20. The van der Waals surface area contributed by atoms with Crippen LogP contribution in [-0.4, -0.2) is 28.6 Å². The van der Waals surface area contributed by atoms with Gasteiger partial charge in [0.05, 0.1) is 0 Å². The van der Waals surface area contributed by atoms with Gasteiger partial charge in [-0.3, -0.25) is 4.79 Å². The van der Waals surface area contributed by atoms with Gasteiger partial charge >= 0.3 is 5.97 Å². The predicted octanol–water partition coefficient (Wildman–Crippen LogP) is 5.27. The average molecular weight is 357 g/mol. The van der Waals surface area contributed by atoms with Crippen molar-refractivity contribution in [2.24, 2.45) is 0 Å². The smallest absolute Gasteiger partial charge is 0.308 e. The molecule has 0 aromatic rings. The number of unbranched alkanes of at least 4 members (excludes halogenated alkanes) is 11. The number of rotatable bonds is 17. The first-order valence-corrected chi connectivity index (χ1v) is 10.2. The van der Waals surface area contributed by atoms with E-state index in [1.54, 1.807) is 0 Å². The van der Waals surface area contributed by atoms with Gasteiger partial charge in [-0.1, -0.05) is 70.4 Å². The molecule has 0 radical (unpaired) electrons. The molecule has 0 bridgehead atoms. The van der Waals surface area contributed by atoms with Gasteiger partial charge in [-0.15, -0.1) is 0 Å². The Kier molecular flexibility index (Phi) is 16.0. The number of hydrogen-bond donors (Lipinski definition) is 2. The molecule has 0 amide bonds. The number of aliphatic hydroxyl groups excluding tert-OH is 1. The van der Waals surface area contributed by atoms with Crippen LogP contribution in [-0.2, 0) is 9.53 Å². The normalized spacial score (nSPS) is 13.9. The van der Waals surface area contributed by atoms with E-state index in [0.29, 0.717) is 6.42 Å². The Hall–Kier alpha value is -0.870. The van der Waals surface area contributed by atoms with Crippen LogP contribution in [0.4, 0.5) is 0 Å². The quantitative estimate of drug-likeness (QED) is 0.161. The Morgan fingerprint density at radius 2 is 1.36 bits per heavy atom. The summed E-state index contributed by atoms with van der Waals surface area (Å²) >= 11 is 0. The molecule has 1 atom stereocenters. The molecule has 4 heteroatoms. The van der Waals surface area contributed by atoms with E-state index in [9.17, 15) is 9.90 Å². The number of carbonyl (C=O) groups is 1. The van der Waals surface area contributed by atoms with Crippen LogP contribution in [0.3, 0.4) is 0 Å². The zero-order chi connectivity index (χ0) is 18.8. The first-order valence-electron chi connectivity index (χ1n) is 10.2. The van der Waals surface area contributed by atoms with Crippen LogP contribution in [0.5, 0.6) is 0 Å². The molecule has 0 aliphatic carbocycles. The summed E-state index contributed by atoms with van der Waals surface area (Å²) in [6.07, 6.45) is 20.7. The van der Waals surface area contributed by atoms with Crippen LogP contribution < -0.4 is 0 Å². The highest BCUT2D eigenvalue weighted by molar-refractivity contribution is 5.69. The monoisotopic (exact) mass is 356 g/mol. The predicted molar refractivity (Wildman–Crippen MR) is 103 cm³/mol. The number of hydrogen-bond acceptors (Lipinski definition) is 4. The van der Waals surface area contributed by atoms with Crippen molar-refractivity contribution in [2.45, 2.75) is 110 Å². The second-order valence-electron chi connectivity index (χ2n) is 7.14. The molecule has 1 unspecified atom stereocenters. The lowest BCUT2D eigenvalue weighted by Crippen LogP contribution is -2.35. The van der Waals surface area contributed by atoms with Crippen LogP contribution >= 0.6 is 0 Å². The second-order valence-corrected chi connectivity index (χ2v) is 7.14. The third-order valence-electron chi connectivity index (χ3n) is 4.27. The molecule has 0 saturated carbocycles. The lowest BCUT2D eigenvalue weighted by molar-refractivity contribution is -0.214. The van der Waals surface area contributed by atoms with E-state index in [1.165, 1.54) is 64.7 Å². The van der Waals surface area contributed by atoms with Gasteiger partial charge in [0.2, 0.25) is 5.79 Å². The van der Waals surface area contributed by atoms with Crippen LogP contribution in [0.25, 0.3) is 0 Å². The van der Waals surface area contributed by atoms with Gasteiger partial charge < -0.3 is 14.9 Å². The molecule has 0 aromatic heterocycles. The lowest BCUT2D eigenvalue weighted by Gasteiger charge is -2.20. The number of ether oxygens (including phenoxy) is 1. The molecule has 0 aliphatic rings. The second kappa shape index (κ2) is 16.6. The minimum Gasteiger partial charge on any atom is -0.431 e. The highest BCUT2D eigenvalue weighted by Gasteiger charge is 2.23. The zero-order valence-electron chi connectivity index (χ0n) is 16.5. The summed E-state index contributed by atoms with van der Waals surface area (Å²) in [5, 5.41) is 18.2. The fraction of sp³-hybridized carbons (Fsp3) is 0.857. The number of allylic oxidation sites excluding steroid dienone is 2. The van der Waals surface area contributed by atoms with Crippen molar-refractivity contribution in [1.82, 2.24) is 0 Å². The number of esters is 1. The zero-order valence-corrected chi connectivity index (χ0v) is 16.5. The molecule has 0 spiro atoms. The highest BCUT2D eigenvalue weighted by atomic mass is 16.7. The van der Waals surface area contributed by atoms with E-state index in [0.717, 1.165) is 25.7 Å². The van der Waals surface area contributed by atoms with Crippen molar-refractivity contribution in [2.75, 3.05) is 6.61 Å². The van der Waals surface area contributed by atoms with E-state index in [-0.39, 0.29) is 0 Å². The van der Waals surface area contributed by atoms with Gasteiger partial charge in [0.25, 0.3) is 0 Å². The number of aliphatic hydroxyl groups is 2. The first-order chi connectivity index (χ1) is 12.0. The third kappa shape index (κ3) is 17.7. The molecule has 0 heterocycles. The van der Waals surface area contributed by atoms with Crippen LogP contribution in [0, 0.1) is 0 Å². The van der Waals surface area contributed by atoms with Crippen LogP contribution in [0.1, 0.15) is 104 Å². The molecule has 0 fully saturated rings. The van der Waals surface area contributed by atoms with Crippen molar-refractivity contribution in [3.05, 3.63) is 12.2 Å². The van der Waals surface area contributed by atoms with Gasteiger partial charge in [-0.25, -0.2) is 0 Å². The molecule has 0 rings (SSSR count). The Morgan fingerprint density at radius 3 is 1.88 bits per heavy atom. The molecular formula is C21H40O4. The maximum atomic E-state index is 11.4. The van der Waals surface area contributed by atoms with Crippen molar-refractivity contribution in [3.63, 3.8) is 0 Å². The third-order valence-corrected chi connectivity index (χ3v) is 4.27. The Bertz CT molecular complexity index is 337. The van der Waals surface area contributed by atoms with Crippen molar-refractivity contribution >= 4 is 5.97 Å². The van der Waals surface area contributed by atoms with Crippen molar-refractivity contribution < 1.29 is 19.7 Å². The summed E-state index contributed by atoms with van der Waals surface area (Å²) in [6, 6.07) is 0. The van der Waals surface area contributed by atoms with E-state index in [1.807, 2.05) is 0 Å². The Labute approximate surface area is 154 Å². The maximum Gasteiger partial charge on any atom is 0.308 e. The summed E-state index contributed by atoms with van der Waals surface area (Å²) in [7, 11) is 0. The van der Waals surface area contributed by atoms with Gasteiger partial charge in [0, 0.05) is 13.3 Å². The Balaban J connectivity index is 3.30. The maximum absolute atomic E-state index is 11.4. The van der Waals surface area contributed by atoms with Crippen molar-refractivity contribution in [3.8, 4) is 0 Å². The largest absolute Gasteiger partial charge is 0.431 e. The van der Waals surface area contributed by atoms with E-state index >= 15 is 0 Å². The molecule has 148 valence electrons. The molecule has 0 aliphatic heterocycles. The summed E-state index contributed by atoms with van der Waals surface area (Å²) < 4.78 is 4.76. The summed E-state index contributed by atoms with van der Waals surface area (Å²) in [6.45, 7) is 2.96. The standard InChI is InChI=1S/C21H40O4/c1-3-4-5-6-7-8-9-10-11-12-13-14-15-16-17-18-20(23)25-21(2,24)19-22/h10-11,22,24H,3-9,12-19H2,1-2H3/b11-10-. The highest BCUT2D eigenvalue weighted by Crippen LogP contribution is 2.12. The molecule has 0 aromatic carbocycles. The Morgan fingerprint density at radius 1 is 0.880 bits per heavy atom. The fourth-order valence-electron chi connectivity index (χ4n) is 2.67. The van der Waals surface area contributed by atoms with Gasteiger partial charge in [0.1, 0.15) is 6.61 Å². The molecule has 0 saturated heterocycles. The first kappa shape index (κ1) is 24.1. The molecule has 4 nitrogen and oxygen atoms in total. The molecular weight excluding hydrogens is 316 g/mol. The SMILES string of the molecule is CCCCCCCC/C=C\CCCCCCCC(=O)OC(C)(O)CO. The lowest BCUT2D eigenvalue weighted by atomic mass is 10.1.